The van der Waals surface area contributed by atoms with Crippen LogP contribution in [0.4, 0.5) is 0 Å². The number of aryl methyl sites for hydroxylation is 1. The molecule has 0 aromatic heterocycles. The van der Waals surface area contributed by atoms with Crippen LogP contribution in [0.25, 0.3) is 0 Å². The number of carbonyl (C=O) groups is 2. The van der Waals surface area contributed by atoms with Gasteiger partial charge in [0, 0.05) is 19.5 Å². The average molecular weight is 487 g/mol. The van der Waals surface area contributed by atoms with E-state index in [4.69, 9.17) is 9.47 Å². The van der Waals surface area contributed by atoms with Crippen molar-refractivity contribution in [1.29, 1.82) is 0 Å². The first kappa shape index (κ1) is 25.3. The highest BCUT2D eigenvalue weighted by Crippen LogP contribution is 2.34. The molecule has 3 aromatic carbocycles. The molecule has 2 amide bonds. The summed E-state index contributed by atoms with van der Waals surface area (Å²) in [7, 11) is 3.25. The van der Waals surface area contributed by atoms with Crippen molar-refractivity contribution >= 4 is 11.8 Å². The smallest absolute Gasteiger partial charge is 0.247 e. The van der Waals surface area contributed by atoms with Gasteiger partial charge in [-0.05, 0) is 66.1 Å². The molecule has 1 N–H and O–H groups in total. The highest BCUT2D eigenvalue weighted by atomic mass is 16.5. The predicted octanol–water partition coefficient (Wildman–Crippen LogP) is 4.93. The number of hydrogen-bond donors (Lipinski definition) is 1. The fourth-order valence-corrected chi connectivity index (χ4v) is 4.26. The molecule has 188 valence electrons. The Bertz CT molecular complexity index is 1130. The van der Waals surface area contributed by atoms with Gasteiger partial charge in [0.15, 0.2) is 0 Å². The van der Waals surface area contributed by atoms with E-state index in [9.17, 15) is 9.59 Å². The number of amides is 2. The van der Waals surface area contributed by atoms with Gasteiger partial charge in [-0.2, -0.15) is 0 Å². The van der Waals surface area contributed by atoms with E-state index in [2.05, 4.69) is 5.32 Å². The van der Waals surface area contributed by atoms with Crippen molar-refractivity contribution in [3.8, 4) is 11.5 Å². The number of rotatable bonds is 12. The van der Waals surface area contributed by atoms with Crippen LogP contribution >= 0.6 is 0 Å². The number of methoxy groups -OCH3 is 2. The van der Waals surface area contributed by atoms with Gasteiger partial charge in [-0.3, -0.25) is 9.59 Å². The van der Waals surface area contributed by atoms with Gasteiger partial charge in [-0.25, -0.2) is 0 Å². The first-order valence-electron chi connectivity index (χ1n) is 12.5. The van der Waals surface area contributed by atoms with Crippen LogP contribution in [-0.2, 0) is 22.6 Å². The third kappa shape index (κ3) is 6.87. The second kappa shape index (κ2) is 12.2. The molecule has 1 aliphatic carbocycles. The fourth-order valence-electron chi connectivity index (χ4n) is 4.26. The Labute approximate surface area is 213 Å². The van der Waals surface area contributed by atoms with Gasteiger partial charge in [0.05, 0.1) is 14.2 Å². The van der Waals surface area contributed by atoms with Crippen molar-refractivity contribution in [2.24, 2.45) is 5.92 Å². The van der Waals surface area contributed by atoms with Crippen LogP contribution in [-0.4, -0.2) is 37.5 Å². The second-order valence-electron chi connectivity index (χ2n) is 9.22. The summed E-state index contributed by atoms with van der Waals surface area (Å²) in [5.74, 6) is 1.74. The Morgan fingerprint density at radius 2 is 1.47 bits per heavy atom. The van der Waals surface area contributed by atoms with Gasteiger partial charge in [0.1, 0.15) is 17.5 Å². The Morgan fingerprint density at radius 1 is 0.861 bits per heavy atom. The second-order valence-corrected chi connectivity index (χ2v) is 9.22. The summed E-state index contributed by atoms with van der Waals surface area (Å²) in [6.07, 6.45) is 3.11. The molecule has 0 aliphatic heterocycles. The molecule has 0 heterocycles. The molecule has 3 aromatic rings. The number of nitrogens with one attached hydrogen (secondary N) is 1. The van der Waals surface area contributed by atoms with Crippen molar-refractivity contribution in [2.75, 3.05) is 20.8 Å². The van der Waals surface area contributed by atoms with Gasteiger partial charge < -0.3 is 19.7 Å². The minimum Gasteiger partial charge on any atom is -0.497 e. The minimum absolute atomic E-state index is 0.0200. The molecule has 0 spiro atoms. The van der Waals surface area contributed by atoms with Crippen molar-refractivity contribution in [2.45, 2.75) is 38.3 Å². The lowest BCUT2D eigenvalue weighted by atomic mass is 10.0. The van der Waals surface area contributed by atoms with E-state index in [0.29, 0.717) is 37.6 Å². The van der Waals surface area contributed by atoms with E-state index in [0.717, 1.165) is 35.3 Å². The first-order chi connectivity index (χ1) is 17.6. The van der Waals surface area contributed by atoms with E-state index in [-0.39, 0.29) is 11.8 Å². The van der Waals surface area contributed by atoms with Crippen LogP contribution in [0.3, 0.4) is 0 Å². The maximum absolute atomic E-state index is 13.6. The van der Waals surface area contributed by atoms with Gasteiger partial charge in [0.2, 0.25) is 11.8 Å². The van der Waals surface area contributed by atoms with Crippen molar-refractivity contribution < 1.29 is 19.1 Å². The lowest BCUT2D eigenvalue weighted by Gasteiger charge is -2.32. The van der Waals surface area contributed by atoms with E-state index < -0.39 is 6.04 Å². The lowest BCUT2D eigenvalue weighted by Crippen LogP contribution is -2.44. The molecule has 0 radical (unpaired) electrons. The third-order valence-electron chi connectivity index (χ3n) is 6.56. The number of ether oxygens (including phenoxy) is 2. The summed E-state index contributed by atoms with van der Waals surface area (Å²) in [6, 6.07) is 24.3. The van der Waals surface area contributed by atoms with Crippen LogP contribution in [0.5, 0.6) is 11.5 Å². The quantitative estimate of drug-likeness (QED) is 0.394. The van der Waals surface area contributed by atoms with Gasteiger partial charge in [-0.15, -0.1) is 0 Å². The molecule has 0 bridgehead atoms. The average Bonchev–Trinajstić information content (AvgIpc) is 3.75. The van der Waals surface area contributed by atoms with Crippen LogP contribution in [0.15, 0.2) is 78.9 Å². The fraction of sp³-hybridized carbons (Fsp3) is 0.333. The number of hydrogen-bond acceptors (Lipinski definition) is 4. The third-order valence-corrected chi connectivity index (χ3v) is 6.56. The minimum atomic E-state index is -0.705. The van der Waals surface area contributed by atoms with Gasteiger partial charge in [0.25, 0.3) is 0 Å². The molecule has 1 saturated carbocycles. The SMILES string of the molecule is COc1ccc(CCC(=O)N(CC2CC2)C(C(=O)NCc2ccccc2)c2ccc(OC)cc2)cc1. The monoisotopic (exact) mass is 486 g/mol. The van der Waals surface area contributed by atoms with Gasteiger partial charge in [-0.1, -0.05) is 54.6 Å². The summed E-state index contributed by atoms with van der Waals surface area (Å²) in [5, 5.41) is 3.06. The lowest BCUT2D eigenvalue weighted by molar-refractivity contribution is -0.141. The topological polar surface area (TPSA) is 67.9 Å². The zero-order valence-electron chi connectivity index (χ0n) is 21.0. The number of carbonyl (C=O) groups excluding carboxylic acids is 2. The van der Waals surface area contributed by atoms with E-state index in [1.165, 1.54) is 0 Å². The zero-order valence-corrected chi connectivity index (χ0v) is 21.0. The van der Waals surface area contributed by atoms with Crippen molar-refractivity contribution in [1.82, 2.24) is 10.2 Å². The number of benzene rings is 3. The molecule has 4 rings (SSSR count). The summed E-state index contributed by atoms with van der Waals surface area (Å²) in [4.78, 5) is 29.0. The highest BCUT2D eigenvalue weighted by molar-refractivity contribution is 5.89. The van der Waals surface area contributed by atoms with Crippen molar-refractivity contribution in [3.63, 3.8) is 0 Å². The summed E-state index contributed by atoms with van der Waals surface area (Å²) >= 11 is 0. The van der Waals surface area contributed by atoms with Crippen LogP contribution in [0, 0.1) is 5.92 Å². The number of nitrogens with zero attached hydrogens (tertiary/aromatic N) is 1. The Morgan fingerprint density at radius 3 is 2.06 bits per heavy atom. The summed E-state index contributed by atoms with van der Waals surface area (Å²) in [6.45, 7) is 0.987. The van der Waals surface area contributed by atoms with Gasteiger partial charge >= 0.3 is 0 Å². The molecule has 1 fully saturated rings. The van der Waals surface area contributed by atoms with Crippen LogP contribution in [0.1, 0.15) is 42.0 Å². The molecule has 1 unspecified atom stereocenters. The maximum atomic E-state index is 13.6. The van der Waals surface area contributed by atoms with Crippen molar-refractivity contribution in [3.05, 3.63) is 95.6 Å². The Kier molecular flexibility index (Phi) is 8.61. The first-order valence-corrected chi connectivity index (χ1v) is 12.5. The molecular formula is C30H34N2O4. The van der Waals surface area contributed by atoms with E-state index >= 15 is 0 Å². The summed E-state index contributed by atoms with van der Waals surface area (Å²) < 4.78 is 10.5. The van der Waals surface area contributed by atoms with E-state index in [1.54, 1.807) is 19.1 Å². The normalized spacial score (nSPS) is 13.5. The molecule has 6 heteroatoms. The largest absolute Gasteiger partial charge is 0.497 e. The summed E-state index contributed by atoms with van der Waals surface area (Å²) in [5.41, 5.74) is 2.85. The van der Waals surface area contributed by atoms with Crippen LogP contribution in [0.2, 0.25) is 0 Å². The predicted molar refractivity (Wildman–Crippen MR) is 140 cm³/mol. The Balaban J connectivity index is 1.55. The molecule has 1 aliphatic rings. The maximum Gasteiger partial charge on any atom is 0.247 e. The Hall–Kier alpha value is -3.80. The molecule has 1 atom stereocenters. The highest BCUT2D eigenvalue weighted by Gasteiger charge is 2.35. The van der Waals surface area contributed by atoms with Crippen LogP contribution < -0.4 is 14.8 Å². The van der Waals surface area contributed by atoms with E-state index in [1.807, 2.05) is 78.9 Å². The molecule has 36 heavy (non-hydrogen) atoms. The standard InChI is InChI=1S/C30H34N2O4/c1-35-26-15-10-22(11-16-26)12-19-28(33)32(21-24-8-9-24)29(25-13-17-27(36-2)18-14-25)30(34)31-20-23-6-4-3-5-7-23/h3-7,10-11,13-18,24,29H,8-9,12,19-21H2,1-2H3,(H,31,34). The molecule has 0 saturated heterocycles. The molecular weight excluding hydrogens is 452 g/mol. The molecule has 6 nitrogen and oxygen atoms in total. The zero-order chi connectivity index (χ0) is 25.3.